The molecule has 1 aliphatic heterocycles. The van der Waals surface area contributed by atoms with Gasteiger partial charge in [0.15, 0.2) is 5.82 Å². The Morgan fingerprint density at radius 2 is 2.32 bits per heavy atom. The van der Waals surface area contributed by atoms with Crippen LogP contribution < -0.4 is 5.32 Å². The number of sulfonamides is 1. The number of nitrogens with zero attached hydrogens (tertiary/aromatic N) is 2. The number of anilines is 1. The number of rotatable bonds is 3. The van der Waals surface area contributed by atoms with Gasteiger partial charge in [-0.2, -0.15) is 0 Å². The lowest BCUT2D eigenvalue weighted by atomic mass is 9.99. The molecule has 1 aromatic rings. The molecule has 2 rings (SSSR count). The Kier molecular flexibility index (Phi) is 3.91. The maximum absolute atomic E-state index is 12.0. The Morgan fingerprint density at radius 3 is 2.89 bits per heavy atom. The van der Waals surface area contributed by atoms with E-state index in [1.807, 2.05) is 0 Å². The van der Waals surface area contributed by atoms with Crippen LogP contribution >= 0.6 is 0 Å². The average Bonchev–Trinajstić information content (AvgIpc) is 2.74. The van der Waals surface area contributed by atoms with Gasteiger partial charge in [0.25, 0.3) is 0 Å². The van der Waals surface area contributed by atoms with Gasteiger partial charge in [0.1, 0.15) is 5.76 Å². The lowest BCUT2D eigenvalue weighted by Crippen LogP contribution is -2.43. The van der Waals surface area contributed by atoms with E-state index in [4.69, 9.17) is 4.52 Å². The van der Waals surface area contributed by atoms with E-state index in [-0.39, 0.29) is 18.4 Å². The lowest BCUT2D eigenvalue weighted by Gasteiger charge is -2.29. The molecule has 0 aliphatic carbocycles. The van der Waals surface area contributed by atoms with E-state index in [0.29, 0.717) is 31.0 Å². The molecule has 0 aromatic carbocycles. The van der Waals surface area contributed by atoms with Crippen molar-refractivity contribution in [1.82, 2.24) is 9.46 Å². The van der Waals surface area contributed by atoms with Gasteiger partial charge in [-0.1, -0.05) is 5.16 Å². The smallest absolute Gasteiger partial charge is 0.230 e. The van der Waals surface area contributed by atoms with Crippen molar-refractivity contribution in [2.45, 2.75) is 19.8 Å². The summed E-state index contributed by atoms with van der Waals surface area (Å²) in [6.07, 6.45) is 2.52. The molecule has 0 unspecified atom stereocenters. The topological polar surface area (TPSA) is 92.5 Å². The predicted octanol–water partition coefficient (Wildman–Crippen LogP) is 0.593. The SMILES string of the molecule is Cc1cc(NC(=O)[C@@H]2CCCN(S(C)(=O)=O)C2)no1. The second-order valence-electron chi connectivity index (χ2n) is 4.77. The van der Waals surface area contributed by atoms with Crippen molar-refractivity contribution < 1.29 is 17.7 Å². The van der Waals surface area contributed by atoms with E-state index in [1.54, 1.807) is 13.0 Å². The molecule has 106 valence electrons. The number of piperidine rings is 1. The summed E-state index contributed by atoms with van der Waals surface area (Å²) in [6.45, 7) is 2.43. The fourth-order valence-electron chi connectivity index (χ4n) is 2.11. The van der Waals surface area contributed by atoms with Crippen LogP contribution in [0, 0.1) is 12.8 Å². The molecular weight excluding hydrogens is 270 g/mol. The number of carbonyl (C=O) groups is 1. The monoisotopic (exact) mass is 287 g/mol. The number of aryl methyl sites for hydroxylation is 1. The minimum Gasteiger partial charge on any atom is -0.360 e. The van der Waals surface area contributed by atoms with E-state index in [9.17, 15) is 13.2 Å². The molecule has 0 radical (unpaired) electrons. The van der Waals surface area contributed by atoms with Crippen molar-refractivity contribution in [2.24, 2.45) is 5.92 Å². The first-order chi connectivity index (χ1) is 8.86. The minimum atomic E-state index is -3.24. The van der Waals surface area contributed by atoms with Gasteiger partial charge in [-0.3, -0.25) is 4.79 Å². The standard InChI is InChI=1S/C11H17N3O4S/c1-8-6-10(13-18-8)12-11(15)9-4-3-5-14(7-9)19(2,16)17/h6,9H,3-5,7H2,1-2H3,(H,12,13,15)/t9-/m1/s1. The van der Waals surface area contributed by atoms with Gasteiger partial charge in [-0.25, -0.2) is 12.7 Å². The summed E-state index contributed by atoms with van der Waals surface area (Å²) in [4.78, 5) is 12.0. The maximum Gasteiger partial charge on any atom is 0.230 e. The van der Waals surface area contributed by atoms with Crippen molar-refractivity contribution in [1.29, 1.82) is 0 Å². The van der Waals surface area contributed by atoms with Crippen molar-refractivity contribution in [3.8, 4) is 0 Å². The number of aromatic nitrogens is 1. The number of carbonyl (C=O) groups excluding carboxylic acids is 1. The van der Waals surface area contributed by atoms with E-state index >= 15 is 0 Å². The fourth-order valence-corrected chi connectivity index (χ4v) is 3.02. The first kappa shape index (κ1) is 14.0. The van der Waals surface area contributed by atoms with Crippen molar-refractivity contribution in [3.05, 3.63) is 11.8 Å². The van der Waals surface area contributed by atoms with E-state index in [1.165, 1.54) is 4.31 Å². The molecule has 1 aliphatic rings. The van der Waals surface area contributed by atoms with Gasteiger partial charge in [0, 0.05) is 19.2 Å². The third-order valence-electron chi connectivity index (χ3n) is 3.10. The maximum atomic E-state index is 12.0. The van der Waals surface area contributed by atoms with E-state index < -0.39 is 10.0 Å². The highest BCUT2D eigenvalue weighted by Crippen LogP contribution is 2.20. The van der Waals surface area contributed by atoms with Gasteiger partial charge >= 0.3 is 0 Å². The first-order valence-electron chi connectivity index (χ1n) is 6.05. The summed E-state index contributed by atoms with van der Waals surface area (Å²) in [7, 11) is -3.24. The third-order valence-corrected chi connectivity index (χ3v) is 4.37. The van der Waals surface area contributed by atoms with Gasteiger partial charge in [-0.15, -0.1) is 0 Å². The zero-order valence-electron chi connectivity index (χ0n) is 10.9. The molecule has 1 saturated heterocycles. The number of hydrogen-bond donors (Lipinski definition) is 1. The Morgan fingerprint density at radius 1 is 1.58 bits per heavy atom. The second kappa shape index (κ2) is 5.30. The highest BCUT2D eigenvalue weighted by atomic mass is 32.2. The van der Waals surface area contributed by atoms with Crippen LogP contribution in [0.4, 0.5) is 5.82 Å². The van der Waals surface area contributed by atoms with E-state index in [2.05, 4.69) is 10.5 Å². The average molecular weight is 287 g/mol. The van der Waals surface area contributed by atoms with Crippen molar-refractivity contribution >= 4 is 21.7 Å². The quantitative estimate of drug-likeness (QED) is 0.878. The van der Waals surface area contributed by atoms with Crippen LogP contribution in [-0.4, -0.2) is 43.1 Å². The molecule has 1 fully saturated rings. The summed E-state index contributed by atoms with van der Waals surface area (Å²) < 4.78 is 29.2. The van der Waals surface area contributed by atoms with Crippen LogP contribution in [-0.2, 0) is 14.8 Å². The normalized spacial score (nSPS) is 21.3. The van der Waals surface area contributed by atoms with E-state index in [0.717, 1.165) is 6.26 Å². The zero-order valence-corrected chi connectivity index (χ0v) is 11.7. The largest absolute Gasteiger partial charge is 0.360 e. The van der Waals surface area contributed by atoms with Crippen molar-refractivity contribution in [2.75, 3.05) is 24.7 Å². The second-order valence-corrected chi connectivity index (χ2v) is 6.75. The molecule has 19 heavy (non-hydrogen) atoms. The zero-order chi connectivity index (χ0) is 14.0. The molecular formula is C11H17N3O4S. The summed E-state index contributed by atoms with van der Waals surface area (Å²) in [5.74, 6) is 0.401. The predicted molar refractivity (Wildman–Crippen MR) is 69.0 cm³/mol. The minimum absolute atomic E-state index is 0.221. The van der Waals surface area contributed by atoms with Crippen molar-refractivity contribution in [3.63, 3.8) is 0 Å². The fraction of sp³-hybridized carbons (Fsp3) is 0.636. The van der Waals surface area contributed by atoms with Gasteiger partial charge in [0.2, 0.25) is 15.9 Å². The number of amides is 1. The molecule has 1 N–H and O–H groups in total. The summed E-state index contributed by atoms with van der Waals surface area (Å²) >= 11 is 0. The van der Waals surface area contributed by atoms with Gasteiger partial charge in [0.05, 0.1) is 12.2 Å². The van der Waals surface area contributed by atoms with Gasteiger partial charge in [-0.05, 0) is 19.8 Å². The Bertz CT molecular complexity index is 566. The summed E-state index contributed by atoms with van der Waals surface area (Å²) in [5.41, 5.74) is 0. The van der Waals surface area contributed by atoms with Crippen LogP contribution in [0.5, 0.6) is 0 Å². The molecule has 1 atom stereocenters. The van der Waals surface area contributed by atoms with Crippen LogP contribution in [0.1, 0.15) is 18.6 Å². The van der Waals surface area contributed by atoms with Crippen LogP contribution in [0.2, 0.25) is 0 Å². The third kappa shape index (κ3) is 3.54. The summed E-state index contributed by atoms with van der Waals surface area (Å²) in [6, 6.07) is 1.62. The molecule has 0 spiro atoms. The molecule has 1 amide bonds. The Labute approximate surface area is 112 Å². The Balaban J connectivity index is 1.99. The van der Waals surface area contributed by atoms with Crippen LogP contribution in [0.25, 0.3) is 0 Å². The lowest BCUT2D eigenvalue weighted by molar-refractivity contribution is -0.120. The first-order valence-corrected chi connectivity index (χ1v) is 7.90. The van der Waals surface area contributed by atoms with Crippen LogP contribution in [0.15, 0.2) is 10.6 Å². The summed E-state index contributed by atoms with van der Waals surface area (Å²) in [5, 5.41) is 6.32. The molecule has 0 bridgehead atoms. The molecule has 8 heteroatoms. The number of hydrogen-bond acceptors (Lipinski definition) is 5. The molecule has 1 aromatic heterocycles. The van der Waals surface area contributed by atoms with Crippen LogP contribution in [0.3, 0.4) is 0 Å². The highest BCUT2D eigenvalue weighted by molar-refractivity contribution is 7.88. The Hall–Kier alpha value is -1.41. The molecule has 7 nitrogen and oxygen atoms in total. The number of nitrogens with one attached hydrogen (secondary N) is 1. The molecule has 2 heterocycles. The highest BCUT2D eigenvalue weighted by Gasteiger charge is 2.30. The molecule has 0 saturated carbocycles. The van der Waals surface area contributed by atoms with Gasteiger partial charge < -0.3 is 9.84 Å².